The van der Waals surface area contributed by atoms with Crippen LogP contribution in [0.4, 0.5) is 0 Å². The van der Waals surface area contributed by atoms with Crippen molar-refractivity contribution in [1.82, 2.24) is 4.90 Å². The van der Waals surface area contributed by atoms with Gasteiger partial charge in [-0.1, -0.05) is 39.0 Å². The van der Waals surface area contributed by atoms with Gasteiger partial charge in [0.05, 0.1) is 28.3 Å². The van der Waals surface area contributed by atoms with E-state index in [0.29, 0.717) is 23.8 Å². The van der Waals surface area contributed by atoms with E-state index in [1.54, 1.807) is 16.7 Å². The van der Waals surface area contributed by atoms with Crippen molar-refractivity contribution in [3.05, 3.63) is 41.8 Å². The van der Waals surface area contributed by atoms with Gasteiger partial charge in [0.15, 0.2) is 11.7 Å². The number of carbonyl (C=O) groups is 2. The maximum absolute atomic E-state index is 12.7. The summed E-state index contributed by atoms with van der Waals surface area (Å²) in [5.41, 5.74) is 0.318. The highest BCUT2D eigenvalue weighted by Gasteiger charge is 2.44. The third kappa shape index (κ3) is 4.04. The van der Waals surface area contributed by atoms with Gasteiger partial charge in [-0.3, -0.25) is 18.7 Å². The second-order valence-electron chi connectivity index (χ2n) is 7.41. The van der Waals surface area contributed by atoms with Crippen LogP contribution in [0.25, 0.3) is 0 Å². The average Bonchev–Trinajstić information content (AvgIpc) is 2.59. The molecule has 1 aromatic rings. The lowest BCUT2D eigenvalue weighted by atomic mass is 9.91. The summed E-state index contributed by atoms with van der Waals surface area (Å²) >= 11 is 1.65. The lowest BCUT2D eigenvalue weighted by Crippen LogP contribution is -2.53. The summed E-state index contributed by atoms with van der Waals surface area (Å²) in [6.45, 7) is 5.44. The molecule has 0 saturated carbocycles. The Hall–Kier alpha value is -1.60. The quantitative estimate of drug-likeness (QED) is 0.696. The molecule has 0 radical (unpaired) electrons. The van der Waals surface area contributed by atoms with Crippen molar-refractivity contribution in [3.63, 3.8) is 0 Å². The van der Waals surface area contributed by atoms with Crippen LogP contribution in [-0.2, 0) is 25.1 Å². The predicted octanol–water partition coefficient (Wildman–Crippen LogP) is 2.94. The Morgan fingerprint density at radius 1 is 1.31 bits per heavy atom. The molecule has 1 amide bonds. The van der Waals surface area contributed by atoms with Gasteiger partial charge < -0.3 is 4.74 Å². The molecule has 1 unspecified atom stereocenters. The fraction of sp³-hybridized carbons (Fsp3) is 0.474. The molecule has 140 valence electrons. The monoisotopic (exact) mass is 393 g/mol. The van der Waals surface area contributed by atoms with Crippen molar-refractivity contribution < 1.29 is 18.5 Å². The van der Waals surface area contributed by atoms with Crippen LogP contribution in [0, 0.1) is 5.41 Å². The van der Waals surface area contributed by atoms with E-state index in [-0.39, 0.29) is 23.7 Å². The van der Waals surface area contributed by atoms with Crippen molar-refractivity contribution in [2.24, 2.45) is 5.41 Å². The van der Waals surface area contributed by atoms with Crippen LogP contribution in [-0.4, -0.2) is 44.3 Å². The van der Waals surface area contributed by atoms with Crippen molar-refractivity contribution in [3.8, 4) is 0 Å². The summed E-state index contributed by atoms with van der Waals surface area (Å²) < 4.78 is 18.5. The van der Waals surface area contributed by atoms with Crippen molar-refractivity contribution >= 4 is 34.3 Å². The Kier molecular flexibility index (Phi) is 5.58. The van der Waals surface area contributed by atoms with Crippen LogP contribution >= 0.6 is 11.8 Å². The number of rotatable bonds is 6. The minimum absolute atomic E-state index is 0.0107. The van der Waals surface area contributed by atoms with Crippen molar-refractivity contribution in [2.45, 2.75) is 37.5 Å². The smallest absolute Gasteiger partial charge is 0.233 e. The van der Waals surface area contributed by atoms with Gasteiger partial charge in [-0.05, 0) is 12.1 Å². The van der Waals surface area contributed by atoms with Gasteiger partial charge in [-0.25, -0.2) is 0 Å². The standard InChI is InChI=1S/C19H23NO4S2/c1-19(2,3)15(21)10-24-18-13(11-25-17-9-16(22)20(17)18)12-26(23)14-7-5-4-6-8-14/h4-8,17H,9-12H2,1-3H3/t17-,26?/m0/s1. The van der Waals surface area contributed by atoms with Crippen molar-refractivity contribution in [2.75, 3.05) is 18.1 Å². The molecule has 3 rings (SSSR count). The molecule has 2 atom stereocenters. The molecule has 0 spiro atoms. The molecular formula is C19H23NO4S2. The SMILES string of the molecule is CC(C)(C)C(=O)COC1=C(CS(=O)c2ccccc2)CS[C@H]2CC(=O)N12. The second-order valence-corrected chi connectivity index (χ2v) is 10.0. The van der Waals surface area contributed by atoms with Crippen LogP contribution in [0.5, 0.6) is 0 Å². The molecule has 1 saturated heterocycles. The molecular weight excluding hydrogens is 370 g/mol. The van der Waals surface area contributed by atoms with Gasteiger partial charge in [0.1, 0.15) is 6.61 Å². The van der Waals surface area contributed by atoms with E-state index in [1.165, 1.54) is 0 Å². The van der Waals surface area contributed by atoms with E-state index in [0.717, 1.165) is 10.5 Å². The lowest BCUT2D eigenvalue weighted by molar-refractivity contribution is -0.145. The number of ether oxygens (including phenoxy) is 1. The first kappa shape index (κ1) is 19.2. The number of fused-ring (bicyclic) bond motifs is 1. The minimum Gasteiger partial charge on any atom is -0.471 e. The summed E-state index contributed by atoms with van der Waals surface area (Å²) in [5.74, 6) is 1.35. The number of benzene rings is 1. The molecule has 1 fully saturated rings. The summed E-state index contributed by atoms with van der Waals surface area (Å²) in [7, 11) is -1.22. The maximum atomic E-state index is 12.7. The molecule has 2 aliphatic rings. The number of thioether (sulfide) groups is 1. The third-order valence-electron chi connectivity index (χ3n) is 4.37. The second kappa shape index (κ2) is 7.56. The first-order valence-corrected chi connectivity index (χ1v) is 10.9. The summed E-state index contributed by atoms with van der Waals surface area (Å²) in [6.07, 6.45) is 0.486. The van der Waals surface area contributed by atoms with Crippen LogP contribution in [0.15, 0.2) is 46.7 Å². The topological polar surface area (TPSA) is 63.7 Å². The van der Waals surface area contributed by atoms with Crippen LogP contribution in [0.3, 0.4) is 0 Å². The van der Waals surface area contributed by atoms with Crippen LogP contribution in [0.2, 0.25) is 0 Å². The normalized spacial score (nSPS) is 21.1. The van der Waals surface area contributed by atoms with E-state index in [1.807, 2.05) is 51.1 Å². The van der Waals surface area contributed by atoms with E-state index in [2.05, 4.69) is 0 Å². The first-order chi connectivity index (χ1) is 12.3. The molecule has 2 heterocycles. The van der Waals surface area contributed by atoms with Gasteiger partial charge >= 0.3 is 0 Å². The fourth-order valence-corrected chi connectivity index (χ4v) is 5.17. The zero-order valence-corrected chi connectivity index (χ0v) is 16.8. The Balaban J connectivity index is 1.81. The number of hydrogen-bond acceptors (Lipinski definition) is 5. The molecule has 0 aromatic heterocycles. The average molecular weight is 394 g/mol. The molecule has 26 heavy (non-hydrogen) atoms. The highest BCUT2D eigenvalue weighted by molar-refractivity contribution is 8.00. The molecule has 1 aromatic carbocycles. The lowest BCUT2D eigenvalue weighted by Gasteiger charge is -2.44. The van der Waals surface area contributed by atoms with Crippen LogP contribution < -0.4 is 0 Å². The fourth-order valence-electron chi connectivity index (χ4n) is 2.63. The Morgan fingerprint density at radius 2 is 2.00 bits per heavy atom. The Bertz CT molecular complexity index is 767. The zero-order chi connectivity index (χ0) is 18.9. The highest BCUT2D eigenvalue weighted by atomic mass is 32.2. The third-order valence-corrected chi connectivity index (χ3v) is 7.05. The Labute approximate surface area is 160 Å². The number of carbonyl (C=O) groups excluding carboxylic acids is 2. The number of β-lactam (4-membered cyclic amide) rings is 1. The number of ketones is 1. The van der Waals surface area contributed by atoms with E-state index >= 15 is 0 Å². The molecule has 7 heteroatoms. The van der Waals surface area contributed by atoms with Gasteiger partial charge in [-0.15, -0.1) is 11.8 Å². The van der Waals surface area contributed by atoms with E-state index < -0.39 is 16.2 Å². The number of nitrogens with zero attached hydrogens (tertiary/aromatic N) is 1. The largest absolute Gasteiger partial charge is 0.471 e. The first-order valence-electron chi connectivity index (χ1n) is 8.52. The van der Waals surface area contributed by atoms with Gasteiger partial charge in [0, 0.05) is 21.6 Å². The predicted molar refractivity (Wildman–Crippen MR) is 103 cm³/mol. The van der Waals surface area contributed by atoms with Gasteiger partial charge in [0.2, 0.25) is 5.91 Å². The summed E-state index contributed by atoms with van der Waals surface area (Å²) in [4.78, 5) is 26.6. The number of amides is 1. The van der Waals surface area contributed by atoms with Gasteiger partial charge in [0.25, 0.3) is 0 Å². The van der Waals surface area contributed by atoms with E-state index in [4.69, 9.17) is 4.74 Å². The zero-order valence-electron chi connectivity index (χ0n) is 15.2. The number of Topliss-reactive ketones (excluding diaryl/α,β-unsaturated/α-hetero) is 1. The van der Waals surface area contributed by atoms with Crippen molar-refractivity contribution in [1.29, 1.82) is 0 Å². The Morgan fingerprint density at radius 3 is 2.62 bits per heavy atom. The molecule has 0 N–H and O–H groups in total. The number of hydrogen-bond donors (Lipinski definition) is 0. The van der Waals surface area contributed by atoms with E-state index in [9.17, 15) is 13.8 Å². The summed E-state index contributed by atoms with van der Waals surface area (Å²) in [6, 6.07) is 9.24. The highest BCUT2D eigenvalue weighted by Crippen LogP contribution is 2.40. The van der Waals surface area contributed by atoms with Gasteiger partial charge in [-0.2, -0.15) is 0 Å². The summed E-state index contributed by atoms with van der Waals surface area (Å²) in [5, 5.41) is 0.0659. The molecule has 2 aliphatic heterocycles. The molecule has 5 nitrogen and oxygen atoms in total. The molecule has 0 aliphatic carbocycles. The van der Waals surface area contributed by atoms with Crippen LogP contribution in [0.1, 0.15) is 27.2 Å². The minimum atomic E-state index is -1.22. The molecule has 0 bridgehead atoms. The maximum Gasteiger partial charge on any atom is 0.233 e.